The molecule has 2 aromatic rings. The van der Waals surface area contributed by atoms with E-state index in [1.54, 1.807) is 0 Å². The van der Waals surface area contributed by atoms with Crippen LogP contribution in [0.5, 0.6) is 0 Å². The van der Waals surface area contributed by atoms with E-state index in [9.17, 15) is 0 Å². The summed E-state index contributed by atoms with van der Waals surface area (Å²) in [4.78, 5) is 2.39. The fraction of sp³-hybridized carbons (Fsp3) is 0.562. The van der Waals surface area contributed by atoms with Gasteiger partial charge in [-0.3, -0.25) is 0 Å². The Morgan fingerprint density at radius 2 is 1.86 bits per heavy atom. The molecule has 21 heavy (non-hydrogen) atoms. The van der Waals surface area contributed by atoms with Gasteiger partial charge in [0.25, 0.3) is 0 Å². The Balaban J connectivity index is 1.86. The molecule has 1 saturated heterocycles. The van der Waals surface area contributed by atoms with E-state index in [0.29, 0.717) is 12.0 Å². The normalized spacial score (nSPS) is 18.7. The number of hydrogen-bond acceptors (Lipinski definition) is 4. The zero-order chi connectivity index (χ0) is 15.0. The lowest BCUT2D eigenvalue weighted by Crippen LogP contribution is -2.34. The van der Waals surface area contributed by atoms with Gasteiger partial charge < -0.3 is 4.90 Å². The second-order valence-electron chi connectivity index (χ2n) is 6.24. The van der Waals surface area contributed by atoms with Gasteiger partial charge in [0, 0.05) is 18.3 Å². The third-order valence-corrected chi connectivity index (χ3v) is 4.23. The van der Waals surface area contributed by atoms with Gasteiger partial charge in [0.1, 0.15) is 0 Å². The lowest BCUT2D eigenvalue weighted by Gasteiger charge is -2.28. The molecule has 2 aromatic heterocycles. The molecule has 0 N–H and O–H groups in total. The van der Waals surface area contributed by atoms with E-state index in [1.165, 1.54) is 12.8 Å². The van der Waals surface area contributed by atoms with Crippen LogP contribution in [0.4, 0.5) is 5.82 Å². The van der Waals surface area contributed by atoms with E-state index in [0.717, 1.165) is 29.6 Å². The number of rotatable bonds is 3. The van der Waals surface area contributed by atoms with Crippen LogP contribution in [-0.2, 0) is 0 Å². The molecule has 0 spiro atoms. The molecule has 0 radical (unpaired) electrons. The molecule has 0 aromatic carbocycles. The Kier molecular flexibility index (Phi) is 3.66. The Bertz CT molecular complexity index is 614. The minimum absolute atomic E-state index is 0.582. The van der Waals surface area contributed by atoms with Crippen LogP contribution in [0.2, 0.25) is 0 Å². The summed E-state index contributed by atoms with van der Waals surface area (Å²) >= 11 is 0. The van der Waals surface area contributed by atoms with Crippen molar-refractivity contribution >= 4 is 5.82 Å². The largest absolute Gasteiger partial charge is 0.352 e. The molecule has 0 amide bonds. The summed E-state index contributed by atoms with van der Waals surface area (Å²) in [5, 5.41) is 13.3. The summed E-state index contributed by atoms with van der Waals surface area (Å²) in [5.74, 6) is 2.41. The standard InChI is InChI=1S/C16H23N5/c1-11(2)14-6-5-9-20(14)15-7-8-16(18-17-15)21-13(4)10-12(3)19-21/h7-8,10-11,14H,5-6,9H2,1-4H3/t14-/m1/s1. The van der Waals surface area contributed by atoms with Crippen molar-refractivity contribution in [3.05, 3.63) is 29.6 Å². The van der Waals surface area contributed by atoms with E-state index >= 15 is 0 Å². The zero-order valence-corrected chi connectivity index (χ0v) is 13.2. The van der Waals surface area contributed by atoms with Gasteiger partial charge in [-0.25, -0.2) is 4.68 Å². The predicted octanol–water partition coefficient (Wildman–Crippen LogP) is 2.90. The maximum Gasteiger partial charge on any atom is 0.176 e. The van der Waals surface area contributed by atoms with Crippen molar-refractivity contribution in [3.8, 4) is 5.82 Å². The van der Waals surface area contributed by atoms with Crippen molar-refractivity contribution in [1.82, 2.24) is 20.0 Å². The maximum atomic E-state index is 4.45. The molecular weight excluding hydrogens is 262 g/mol. The van der Waals surface area contributed by atoms with E-state index in [4.69, 9.17) is 0 Å². The number of anilines is 1. The van der Waals surface area contributed by atoms with Gasteiger partial charge in [-0.1, -0.05) is 13.8 Å². The first-order valence-corrected chi connectivity index (χ1v) is 7.70. The van der Waals surface area contributed by atoms with Crippen LogP contribution in [0, 0.1) is 19.8 Å². The zero-order valence-electron chi connectivity index (χ0n) is 13.2. The lowest BCUT2D eigenvalue weighted by molar-refractivity contribution is 0.488. The van der Waals surface area contributed by atoms with Crippen molar-refractivity contribution in [3.63, 3.8) is 0 Å². The van der Waals surface area contributed by atoms with Crippen LogP contribution in [0.1, 0.15) is 38.1 Å². The SMILES string of the molecule is Cc1cc(C)n(-c2ccc(N3CCC[C@@H]3C(C)C)nn2)n1. The maximum absolute atomic E-state index is 4.45. The van der Waals surface area contributed by atoms with E-state index in [2.05, 4.69) is 40.1 Å². The second kappa shape index (κ2) is 5.47. The molecule has 3 rings (SSSR count). The first kappa shape index (κ1) is 14.0. The van der Waals surface area contributed by atoms with Crippen LogP contribution in [-0.4, -0.2) is 32.6 Å². The second-order valence-corrected chi connectivity index (χ2v) is 6.24. The Hall–Kier alpha value is -1.91. The van der Waals surface area contributed by atoms with Gasteiger partial charge >= 0.3 is 0 Å². The molecule has 112 valence electrons. The van der Waals surface area contributed by atoms with Crippen LogP contribution in [0.15, 0.2) is 18.2 Å². The average molecular weight is 285 g/mol. The highest BCUT2D eigenvalue weighted by Gasteiger charge is 2.28. The molecule has 0 bridgehead atoms. The van der Waals surface area contributed by atoms with Crippen molar-refractivity contribution in [1.29, 1.82) is 0 Å². The van der Waals surface area contributed by atoms with Gasteiger partial charge in [-0.05, 0) is 50.8 Å². The Morgan fingerprint density at radius 3 is 2.43 bits per heavy atom. The van der Waals surface area contributed by atoms with Gasteiger partial charge in [0.05, 0.1) is 5.69 Å². The molecule has 1 aliphatic heterocycles. The van der Waals surface area contributed by atoms with Gasteiger partial charge in [-0.2, -0.15) is 5.10 Å². The Labute approximate surface area is 126 Å². The summed E-state index contributed by atoms with van der Waals surface area (Å²) < 4.78 is 1.84. The summed E-state index contributed by atoms with van der Waals surface area (Å²) in [5.41, 5.74) is 2.08. The molecule has 5 heteroatoms. The average Bonchev–Trinajstić information content (AvgIpc) is 3.05. The number of hydrogen-bond donors (Lipinski definition) is 0. The summed E-state index contributed by atoms with van der Waals surface area (Å²) in [7, 11) is 0. The van der Waals surface area contributed by atoms with E-state index in [1.807, 2.05) is 30.7 Å². The molecular formula is C16H23N5. The molecule has 1 atom stereocenters. The fourth-order valence-corrected chi connectivity index (χ4v) is 3.22. The van der Waals surface area contributed by atoms with E-state index < -0.39 is 0 Å². The highest BCUT2D eigenvalue weighted by atomic mass is 15.4. The number of aromatic nitrogens is 4. The van der Waals surface area contributed by atoms with Crippen molar-refractivity contribution in [2.75, 3.05) is 11.4 Å². The number of nitrogens with zero attached hydrogens (tertiary/aromatic N) is 5. The third-order valence-electron chi connectivity index (χ3n) is 4.23. The summed E-state index contributed by atoms with van der Waals surface area (Å²) in [6, 6.07) is 6.71. The molecule has 3 heterocycles. The van der Waals surface area contributed by atoms with Crippen LogP contribution < -0.4 is 4.90 Å². The highest BCUT2D eigenvalue weighted by Crippen LogP contribution is 2.28. The molecule has 0 unspecified atom stereocenters. The third kappa shape index (κ3) is 2.64. The van der Waals surface area contributed by atoms with Crippen LogP contribution in [0.3, 0.4) is 0 Å². The topological polar surface area (TPSA) is 46.8 Å². The van der Waals surface area contributed by atoms with Gasteiger partial charge in [0.15, 0.2) is 11.6 Å². The van der Waals surface area contributed by atoms with Crippen LogP contribution in [0.25, 0.3) is 5.82 Å². The molecule has 1 fully saturated rings. The van der Waals surface area contributed by atoms with Gasteiger partial charge in [0.2, 0.25) is 0 Å². The predicted molar refractivity (Wildman–Crippen MR) is 83.8 cm³/mol. The van der Waals surface area contributed by atoms with Crippen molar-refractivity contribution < 1.29 is 0 Å². The molecule has 5 nitrogen and oxygen atoms in total. The lowest BCUT2D eigenvalue weighted by atomic mass is 10.0. The fourth-order valence-electron chi connectivity index (χ4n) is 3.22. The van der Waals surface area contributed by atoms with E-state index in [-0.39, 0.29) is 0 Å². The van der Waals surface area contributed by atoms with Crippen molar-refractivity contribution in [2.24, 2.45) is 5.92 Å². The monoisotopic (exact) mass is 285 g/mol. The number of aryl methyl sites for hydroxylation is 2. The first-order valence-electron chi connectivity index (χ1n) is 7.70. The molecule has 1 aliphatic rings. The molecule has 0 aliphatic carbocycles. The van der Waals surface area contributed by atoms with Crippen molar-refractivity contribution in [2.45, 2.75) is 46.6 Å². The van der Waals surface area contributed by atoms with Crippen LogP contribution >= 0.6 is 0 Å². The summed E-state index contributed by atoms with van der Waals surface area (Å²) in [6.07, 6.45) is 2.49. The minimum atomic E-state index is 0.582. The summed E-state index contributed by atoms with van der Waals surface area (Å²) in [6.45, 7) is 9.66. The van der Waals surface area contributed by atoms with Gasteiger partial charge in [-0.15, -0.1) is 10.2 Å². The smallest absolute Gasteiger partial charge is 0.176 e. The molecule has 0 saturated carbocycles. The quantitative estimate of drug-likeness (QED) is 0.870. The highest BCUT2D eigenvalue weighted by molar-refractivity contribution is 5.42. The Morgan fingerprint density at radius 1 is 1.14 bits per heavy atom. The first-order chi connectivity index (χ1) is 10.1. The minimum Gasteiger partial charge on any atom is -0.352 e.